The van der Waals surface area contributed by atoms with Crippen LogP contribution in [0.1, 0.15) is 117 Å². The molecule has 0 saturated heterocycles. The molecule has 2 aromatic heterocycles. The minimum absolute atomic E-state index is 0.0904. The monoisotopic (exact) mass is 542 g/mol. The minimum atomic E-state index is -0.448. The van der Waals surface area contributed by atoms with Crippen LogP contribution in [-0.4, -0.2) is 22.5 Å². The lowest BCUT2D eigenvalue weighted by Gasteiger charge is -2.25. The number of carbonyl (C=O) groups is 2. The SMILES string of the molecule is CCC(c1scc(C(=O)NCc2c(C)cc(C)[nH]c2=O)c1C)C1CCC(C)C(CC(=O)OC(C)(C)C)CC1. The fourth-order valence-corrected chi connectivity index (χ4v) is 7.34. The first-order valence-corrected chi connectivity index (χ1v) is 15.0. The Morgan fingerprint density at radius 3 is 2.47 bits per heavy atom. The molecule has 1 saturated carbocycles. The van der Waals surface area contributed by atoms with E-state index in [4.69, 9.17) is 4.74 Å². The first-order valence-electron chi connectivity index (χ1n) is 14.1. The smallest absolute Gasteiger partial charge is 0.306 e. The maximum atomic E-state index is 13.1. The largest absolute Gasteiger partial charge is 0.460 e. The second-order valence-electron chi connectivity index (χ2n) is 12.2. The Balaban J connectivity index is 1.68. The van der Waals surface area contributed by atoms with Crippen molar-refractivity contribution < 1.29 is 14.3 Å². The van der Waals surface area contributed by atoms with Crippen molar-refractivity contribution >= 4 is 23.2 Å². The molecule has 6 nitrogen and oxygen atoms in total. The number of carbonyl (C=O) groups excluding carboxylic acids is 2. The highest BCUT2D eigenvalue weighted by Gasteiger charge is 2.33. The van der Waals surface area contributed by atoms with Gasteiger partial charge >= 0.3 is 5.97 Å². The van der Waals surface area contributed by atoms with Crippen LogP contribution in [-0.2, 0) is 16.1 Å². The molecule has 2 N–H and O–H groups in total. The van der Waals surface area contributed by atoms with Crippen LogP contribution in [0.4, 0.5) is 0 Å². The molecule has 2 aromatic rings. The van der Waals surface area contributed by atoms with Crippen molar-refractivity contribution in [3.05, 3.63) is 54.6 Å². The van der Waals surface area contributed by atoms with Gasteiger partial charge in [0.05, 0.1) is 5.56 Å². The van der Waals surface area contributed by atoms with Crippen LogP contribution < -0.4 is 10.9 Å². The Morgan fingerprint density at radius 2 is 1.84 bits per heavy atom. The number of hydrogen-bond donors (Lipinski definition) is 2. The third kappa shape index (κ3) is 7.58. The number of rotatable bonds is 8. The normalized spacial score (nSPS) is 21.0. The van der Waals surface area contributed by atoms with Gasteiger partial charge in [0.2, 0.25) is 0 Å². The summed E-state index contributed by atoms with van der Waals surface area (Å²) in [5, 5.41) is 4.94. The average molecular weight is 543 g/mol. The highest BCUT2D eigenvalue weighted by molar-refractivity contribution is 7.10. The zero-order valence-electron chi connectivity index (χ0n) is 24.5. The molecule has 0 spiro atoms. The van der Waals surface area contributed by atoms with E-state index in [1.807, 2.05) is 46.1 Å². The van der Waals surface area contributed by atoms with E-state index >= 15 is 0 Å². The standard InChI is InChI=1S/C31H46N2O4S/c1-9-24(22-11-10-18(2)23(13-12-22)15-27(34)37-31(6,7)8)28-21(5)26(17-38-28)29(35)32-16-25-19(3)14-20(4)33-30(25)36/h14,17-18,22-24H,9-13,15-16H2,1-8H3,(H,32,35)(H,33,36). The summed E-state index contributed by atoms with van der Waals surface area (Å²) in [6.45, 7) is 16.3. The maximum Gasteiger partial charge on any atom is 0.306 e. The molecular weight excluding hydrogens is 496 g/mol. The van der Waals surface area contributed by atoms with Crippen LogP contribution >= 0.6 is 11.3 Å². The van der Waals surface area contributed by atoms with Gasteiger partial charge in [0, 0.05) is 34.5 Å². The number of ether oxygens (including phenoxy) is 1. The van der Waals surface area contributed by atoms with Crippen molar-refractivity contribution in [3.8, 4) is 0 Å². The van der Waals surface area contributed by atoms with Crippen molar-refractivity contribution in [1.82, 2.24) is 10.3 Å². The van der Waals surface area contributed by atoms with Gasteiger partial charge in [-0.25, -0.2) is 0 Å². The number of pyridine rings is 1. The van der Waals surface area contributed by atoms with E-state index < -0.39 is 5.60 Å². The van der Waals surface area contributed by atoms with Crippen molar-refractivity contribution in [1.29, 1.82) is 0 Å². The van der Waals surface area contributed by atoms with Crippen molar-refractivity contribution in [2.45, 2.75) is 112 Å². The zero-order valence-corrected chi connectivity index (χ0v) is 25.3. The molecule has 0 aliphatic heterocycles. The van der Waals surface area contributed by atoms with E-state index in [0.29, 0.717) is 41.2 Å². The van der Waals surface area contributed by atoms with Gasteiger partial charge in [-0.3, -0.25) is 14.4 Å². The van der Waals surface area contributed by atoms with Crippen LogP contribution in [0.25, 0.3) is 0 Å². The number of esters is 1. The van der Waals surface area contributed by atoms with Gasteiger partial charge in [-0.2, -0.15) is 0 Å². The molecule has 210 valence electrons. The molecule has 1 amide bonds. The number of thiophene rings is 1. The van der Waals surface area contributed by atoms with Gasteiger partial charge in [0.15, 0.2) is 0 Å². The van der Waals surface area contributed by atoms with Crippen molar-refractivity contribution in [2.75, 3.05) is 0 Å². The van der Waals surface area contributed by atoms with Crippen LogP contribution in [0.15, 0.2) is 16.2 Å². The Bertz CT molecular complexity index is 1190. The summed E-state index contributed by atoms with van der Waals surface area (Å²) in [6, 6.07) is 1.92. The second kappa shape index (κ2) is 12.6. The molecule has 0 aromatic carbocycles. The van der Waals surface area contributed by atoms with Crippen molar-refractivity contribution in [2.24, 2.45) is 17.8 Å². The predicted molar refractivity (Wildman–Crippen MR) is 155 cm³/mol. The number of nitrogens with one attached hydrogen (secondary N) is 2. The Hall–Kier alpha value is -2.41. The lowest BCUT2D eigenvalue weighted by atomic mass is 9.81. The fraction of sp³-hybridized carbons (Fsp3) is 0.645. The van der Waals surface area contributed by atoms with Crippen LogP contribution in [0.5, 0.6) is 0 Å². The van der Waals surface area contributed by atoms with E-state index in [2.05, 4.69) is 31.1 Å². The molecule has 0 bridgehead atoms. The van der Waals surface area contributed by atoms with Gasteiger partial charge in [0.25, 0.3) is 11.5 Å². The molecule has 1 aliphatic carbocycles. The second-order valence-corrected chi connectivity index (χ2v) is 13.1. The molecule has 1 fully saturated rings. The average Bonchev–Trinajstić information content (AvgIpc) is 3.09. The topological polar surface area (TPSA) is 88.3 Å². The Labute approximate surface area is 232 Å². The number of hydrogen-bond acceptors (Lipinski definition) is 5. The summed E-state index contributed by atoms with van der Waals surface area (Å²) < 4.78 is 5.61. The molecule has 2 heterocycles. The van der Waals surface area contributed by atoms with Gasteiger partial charge in [-0.1, -0.05) is 20.3 Å². The number of amides is 1. The third-order valence-electron chi connectivity index (χ3n) is 8.14. The molecule has 4 atom stereocenters. The summed E-state index contributed by atoms with van der Waals surface area (Å²) in [5.41, 5.74) is 3.45. The number of aromatic nitrogens is 1. The fourth-order valence-electron chi connectivity index (χ4n) is 5.99. The van der Waals surface area contributed by atoms with Crippen LogP contribution in [0.3, 0.4) is 0 Å². The summed E-state index contributed by atoms with van der Waals surface area (Å²) in [4.78, 5) is 42.1. The quantitative estimate of drug-likeness (QED) is 0.279. The molecule has 1 aliphatic rings. The molecule has 7 heteroatoms. The van der Waals surface area contributed by atoms with E-state index in [9.17, 15) is 14.4 Å². The summed E-state index contributed by atoms with van der Waals surface area (Å²) in [5.74, 6) is 1.55. The molecular formula is C31H46N2O4S. The Morgan fingerprint density at radius 1 is 1.16 bits per heavy atom. The molecule has 3 rings (SSSR count). The highest BCUT2D eigenvalue weighted by atomic mass is 32.1. The van der Waals surface area contributed by atoms with E-state index in [1.54, 1.807) is 11.3 Å². The van der Waals surface area contributed by atoms with E-state index in [1.165, 1.54) is 4.88 Å². The molecule has 38 heavy (non-hydrogen) atoms. The minimum Gasteiger partial charge on any atom is -0.460 e. The van der Waals surface area contributed by atoms with Crippen molar-refractivity contribution in [3.63, 3.8) is 0 Å². The zero-order chi connectivity index (χ0) is 28.2. The lowest BCUT2D eigenvalue weighted by Crippen LogP contribution is -2.28. The van der Waals surface area contributed by atoms with Gasteiger partial charge in [0.1, 0.15) is 5.60 Å². The van der Waals surface area contributed by atoms with E-state index in [0.717, 1.165) is 48.9 Å². The van der Waals surface area contributed by atoms with Gasteiger partial charge < -0.3 is 15.0 Å². The molecule has 4 unspecified atom stereocenters. The first kappa shape index (κ1) is 30.1. The number of H-pyrrole nitrogens is 1. The lowest BCUT2D eigenvalue weighted by molar-refractivity contribution is -0.156. The summed E-state index contributed by atoms with van der Waals surface area (Å²) in [7, 11) is 0. The summed E-state index contributed by atoms with van der Waals surface area (Å²) >= 11 is 1.68. The van der Waals surface area contributed by atoms with E-state index in [-0.39, 0.29) is 24.0 Å². The Kier molecular flexibility index (Phi) is 10.0. The number of aromatic amines is 1. The molecule has 0 radical (unpaired) electrons. The first-order chi connectivity index (χ1) is 17.8. The predicted octanol–water partition coefficient (Wildman–Crippen LogP) is 6.96. The van der Waals surface area contributed by atoms with Crippen LogP contribution in [0.2, 0.25) is 0 Å². The summed E-state index contributed by atoms with van der Waals surface area (Å²) in [6.07, 6.45) is 5.88. The number of aryl methyl sites for hydroxylation is 2. The van der Waals surface area contributed by atoms with Gasteiger partial charge in [-0.15, -0.1) is 11.3 Å². The van der Waals surface area contributed by atoms with Crippen LogP contribution in [0, 0.1) is 38.5 Å². The maximum absolute atomic E-state index is 13.1. The highest BCUT2D eigenvalue weighted by Crippen LogP contribution is 2.44. The third-order valence-corrected chi connectivity index (χ3v) is 9.36. The van der Waals surface area contributed by atoms with Gasteiger partial charge in [-0.05, 0) is 108 Å².